The number of halogens is 1. The third-order valence-corrected chi connectivity index (χ3v) is 3.86. The quantitative estimate of drug-likeness (QED) is 0.333. The largest absolute Gasteiger partial charge is 0.496 e. The van der Waals surface area contributed by atoms with Gasteiger partial charge in [-0.15, -0.1) is 0 Å². The lowest BCUT2D eigenvalue weighted by Gasteiger charge is -2.15. The molecular weight excluding hydrogens is 378 g/mol. The van der Waals surface area contributed by atoms with E-state index in [0.29, 0.717) is 5.69 Å². The number of hydrogen-bond acceptors (Lipinski definition) is 7. The fourth-order valence-electron chi connectivity index (χ4n) is 2.09. The van der Waals surface area contributed by atoms with Crippen LogP contribution in [0.4, 0.5) is 17.1 Å². The monoisotopic (exact) mass is 393 g/mol. The van der Waals surface area contributed by atoms with Crippen LogP contribution in [-0.4, -0.2) is 30.0 Å². The molecule has 2 aromatic carbocycles. The van der Waals surface area contributed by atoms with E-state index in [1.165, 1.54) is 50.4 Å². The van der Waals surface area contributed by atoms with Crippen LogP contribution in [-0.2, 0) is 9.53 Å². The number of non-ortho nitro benzene ring substituents is 1. The van der Waals surface area contributed by atoms with Gasteiger partial charge in [0.15, 0.2) is 6.10 Å². The third-order valence-electron chi connectivity index (χ3n) is 3.54. The van der Waals surface area contributed by atoms with E-state index < -0.39 is 22.9 Å². The summed E-state index contributed by atoms with van der Waals surface area (Å²) in [6.45, 7) is 1.38. The molecule has 0 aliphatic carbocycles. The number of carbonyl (C=O) groups excluding carboxylic acids is 2. The Balaban J connectivity index is 2.06. The van der Waals surface area contributed by atoms with Crippen molar-refractivity contribution in [3.8, 4) is 5.75 Å². The molecule has 3 N–H and O–H groups in total. The molecule has 0 radical (unpaired) electrons. The van der Waals surface area contributed by atoms with E-state index in [-0.39, 0.29) is 27.7 Å². The number of nitrogens with zero attached hydrogens (tertiary/aromatic N) is 1. The Labute approximate surface area is 159 Å². The summed E-state index contributed by atoms with van der Waals surface area (Å²) in [4.78, 5) is 34.6. The highest BCUT2D eigenvalue weighted by atomic mass is 35.5. The summed E-state index contributed by atoms with van der Waals surface area (Å²) in [5, 5.41) is 13.3. The molecule has 0 spiro atoms. The van der Waals surface area contributed by atoms with Gasteiger partial charge in [-0.2, -0.15) is 0 Å². The summed E-state index contributed by atoms with van der Waals surface area (Å²) in [7, 11) is 1.35. The maximum Gasteiger partial charge on any atom is 0.342 e. The standard InChI is InChI=1S/C17H16ClN3O6/c1-9(16(22)20-10-3-5-11(6-4-10)21(24)25)27-17(23)12-7-13(18)14(19)8-15(12)26-2/h3-9H,19H2,1-2H3,(H,20,22). The minimum Gasteiger partial charge on any atom is -0.496 e. The van der Waals surface area contributed by atoms with Crippen molar-refractivity contribution >= 4 is 40.5 Å². The number of nitro benzene ring substituents is 1. The van der Waals surface area contributed by atoms with Gasteiger partial charge in [-0.1, -0.05) is 11.6 Å². The molecule has 142 valence electrons. The van der Waals surface area contributed by atoms with E-state index >= 15 is 0 Å². The predicted molar refractivity (Wildman–Crippen MR) is 99.0 cm³/mol. The molecule has 27 heavy (non-hydrogen) atoms. The van der Waals surface area contributed by atoms with Crippen LogP contribution in [0.1, 0.15) is 17.3 Å². The average Bonchev–Trinajstić information content (AvgIpc) is 2.63. The Hall–Kier alpha value is -3.33. The van der Waals surface area contributed by atoms with Gasteiger partial charge in [0.25, 0.3) is 11.6 Å². The van der Waals surface area contributed by atoms with Crippen molar-refractivity contribution in [1.82, 2.24) is 0 Å². The number of rotatable bonds is 6. The number of hydrogen-bond donors (Lipinski definition) is 2. The minimum atomic E-state index is -1.14. The summed E-state index contributed by atoms with van der Waals surface area (Å²) >= 11 is 5.91. The number of amides is 1. The number of carbonyl (C=O) groups is 2. The lowest BCUT2D eigenvalue weighted by molar-refractivity contribution is -0.384. The van der Waals surface area contributed by atoms with Crippen LogP contribution in [0.5, 0.6) is 5.75 Å². The Kier molecular flexibility index (Phi) is 6.19. The fourth-order valence-corrected chi connectivity index (χ4v) is 2.25. The van der Waals surface area contributed by atoms with Crippen molar-refractivity contribution < 1.29 is 24.0 Å². The topological polar surface area (TPSA) is 134 Å². The first-order valence-electron chi connectivity index (χ1n) is 7.62. The summed E-state index contributed by atoms with van der Waals surface area (Å²) < 4.78 is 10.2. The van der Waals surface area contributed by atoms with Gasteiger partial charge in [-0.25, -0.2) is 4.79 Å². The van der Waals surface area contributed by atoms with Crippen molar-refractivity contribution in [1.29, 1.82) is 0 Å². The molecule has 10 heteroatoms. The maximum absolute atomic E-state index is 12.3. The second-order valence-electron chi connectivity index (χ2n) is 5.41. The molecule has 0 heterocycles. The number of nitrogen functional groups attached to an aromatic ring is 1. The van der Waals surface area contributed by atoms with Crippen LogP contribution < -0.4 is 15.8 Å². The Morgan fingerprint density at radius 1 is 1.26 bits per heavy atom. The fraction of sp³-hybridized carbons (Fsp3) is 0.176. The van der Waals surface area contributed by atoms with Gasteiger partial charge in [0.1, 0.15) is 11.3 Å². The van der Waals surface area contributed by atoms with Crippen molar-refractivity contribution in [2.75, 3.05) is 18.2 Å². The van der Waals surface area contributed by atoms with E-state index in [0.717, 1.165) is 0 Å². The summed E-state index contributed by atoms with van der Waals surface area (Å²) in [5.41, 5.74) is 6.12. The highest BCUT2D eigenvalue weighted by Gasteiger charge is 2.22. The zero-order valence-corrected chi connectivity index (χ0v) is 15.1. The van der Waals surface area contributed by atoms with E-state index in [9.17, 15) is 19.7 Å². The molecule has 1 amide bonds. The first-order valence-corrected chi connectivity index (χ1v) is 8.00. The Morgan fingerprint density at radius 3 is 2.44 bits per heavy atom. The smallest absolute Gasteiger partial charge is 0.342 e. The lowest BCUT2D eigenvalue weighted by atomic mass is 10.2. The number of anilines is 2. The van der Waals surface area contributed by atoms with E-state index in [4.69, 9.17) is 26.8 Å². The van der Waals surface area contributed by atoms with Crippen LogP contribution in [0.2, 0.25) is 5.02 Å². The highest BCUT2D eigenvalue weighted by molar-refractivity contribution is 6.33. The molecule has 0 fully saturated rings. The van der Waals surface area contributed by atoms with Gasteiger partial charge < -0.3 is 20.5 Å². The number of ether oxygens (including phenoxy) is 2. The van der Waals surface area contributed by atoms with Gasteiger partial charge in [-0.05, 0) is 25.1 Å². The second kappa shape index (κ2) is 8.37. The molecule has 0 saturated carbocycles. The predicted octanol–water partition coefficient (Wildman–Crippen LogP) is 3.02. The molecule has 1 atom stereocenters. The van der Waals surface area contributed by atoms with E-state index in [1.807, 2.05) is 0 Å². The molecule has 0 saturated heterocycles. The molecule has 1 unspecified atom stereocenters. The van der Waals surface area contributed by atoms with Crippen LogP contribution >= 0.6 is 11.6 Å². The molecule has 2 rings (SSSR count). The van der Waals surface area contributed by atoms with Gasteiger partial charge >= 0.3 is 5.97 Å². The van der Waals surface area contributed by atoms with Crippen molar-refractivity contribution in [2.45, 2.75) is 13.0 Å². The zero-order chi connectivity index (χ0) is 20.1. The normalized spacial score (nSPS) is 11.4. The van der Waals surface area contributed by atoms with Gasteiger partial charge in [0, 0.05) is 23.9 Å². The first-order chi connectivity index (χ1) is 12.7. The van der Waals surface area contributed by atoms with E-state index in [1.54, 1.807) is 0 Å². The summed E-state index contributed by atoms with van der Waals surface area (Å²) in [5.74, 6) is -1.28. The zero-order valence-electron chi connectivity index (χ0n) is 14.4. The number of methoxy groups -OCH3 is 1. The van der Waals surface area contributed by atoms with Crippen LogP contribution in [0.25, 0.3) is 0 Å². The van der Waals surface area contributed by atoms with Gasteiger partial charge in [-0.3, -0.25) is 14.9 Å². The van der Waals surface area contributed by atoms with Gasteiger partial charge in [0.05, 0.1) is 22.7 Å². The number of esters is 1. The Bertz CT molecular complexity index is 885. The summed E-state index contributed by atoms with van der Waals surface area (Å²) in [6.07, 6.45) is -1.14. The van der Waals surface area contributed by atoms with Gasteiger partial charge in [0.2, 0.25) is 0 Å². The number of nitro groups is 1. The minimum absolute atomic E-state index is 0.0201. The van der Waals surface area contributed by atoms with Crippen molar-refractivity contribution in [2.24, 2.45) is 0 Å². The number of nitrogens with one attached hydrogen (secondary N) is 1. The lowest BCUT2D eigenvalue weighted by Crippen LogP contribution is -2.30. The number of benzene rings is 2. The van der Waals surface area contributed by atoms with Crippen molar-refractivity contribution in [3.05, 3.63) is 57.1 Å². The van der Waals surface area contributed by atoms with Crippen molar-refractivity contribution in [3.63, 3.8) is 0 Å². The van der Waals surface area contributed by atoms with Crippen LogP contribution in [0.15, 0.2) is 36.4 Å². The Morgan fingerprint density at radius 2 is 1.89 bits per heavy atom. The molecule has 0 aliphatic rings. The molecule has 0 aromatic heterocycles. The second-order valence-corrected chi connectivity index (χ2v) is 5.82. The average molecular weight is 394 g/mol. The van der Waals surface area contributed by atoms with E-state index in [2.05, 4.69) is 5.32 Å². The molecule has 2 aromatic rings. The first kappa shape index (κ1) is 20.0. The molecule has 0 bridgehead atoms. The SMILES string of the molecule is COc1cc(N)c(Cl)cc1C(=O)OC(C)C(=O)Nc1ccc([N+](=O)[O-])cc1. The molecular formula is C17H16ClN3O6. The van der Waals surface area contributed by atoms with Crippen LogP contribution in [0, 0.1) is 10.1 Å². The maximum atomic E-state index is 12.3. The third kappa shape index (κ3) is 4.85. The highest BCUT2D eigenvalue weighted by Crippen LogP contribution is 2.29. The van der Waals surface area contributed by atoms with Crippen LogP contribution in [0.3, 0.4) is 0 Å². The molecule has 9 nitrogen and oxygen atoms in total. The molecule has 0 aliphatic heterocycles. The number of nitrogens with two attached hydrogens (primary N) is 1. The summed E-state index contributed by atoms with van der Waals surface area (Å²) in [6, 6.07) is 7.89.